The third-order valence-corrected chi connectivity index (χ3v) is 5.36. The van der Waals surface area contributed by atoms with Gasteiger partial charge in [-0.3, -0.25) is 14.9 Å². The van der Waals surface area contributed by atoms with Crippen LogP contribution in [0.5, 0.6) is 11.5 Å². The molecule has 1 aliphatic rings. The van der Waals surface area contributed by atoms with Crippen LogP contribution in [-0.4, -0.2) is 44.5 Å². The van der Waals surface area contributed by atoms with Crippen molar-refractivity contribution in [2.75, 3.05) is 6.61 Å². The van der Waals surface area contributed by atoms with Crippen molar-refractivity contribution in [2.24, 2.45) is 12.1 Å². The van der Waals surface area contributed by atoms with Gasteiger partial charge < -0.3 is 14.0 Å². The van der Waals surface area contributed by atoms with Gasteiger partial charge in [-0.05, 0) is 30.0 Å². The fraction of sp³-hybridized carbons (Fsp3) is 0.158. The lowest BCUT2D eigenvalue weighted by Gasteiger charge is -2.24. The third kappa shape index (κ3) is 4.64. The van der Waals surface area contributed by atoms with Crippen molar-refractivity contribution in [3.05, 3.63) is 64.5 Å². The first-order chi connectivity index (χ1) is 15.0. The van der Waals surface area contributed by atoms with E-state index in [1.807, 2.05) is 6.07 Å². The molecule has 1 aliphatic heterocycles. The van der Waals surface area contributed by atoms with Crippen molar-refractivity contribution in [3.63, 3.8) is 0 Å². The number of ether oxygens (including phenoxy) is 2. The number of hydrogen-bond donors (Lipinski definition) is 1. The van der Waals surface area contributed by atoms with E-state index in [9.17, 15) is 14.9 Å². The molecule has 0 saturated heterocycles. The predicted octanol–water partition coefficient (Wildman–Crippen LogP) is 2.16. The van der Waals surface area contributed by atoms with Crippen LogP contribution in [0.2, 0.25) is 0 Å². The highest BCUT2D eigenvalue weighted by Crippen LogP contribution is 2.34. The van der Waals surface area contributed by atoms with Crippen LogP contribution in [0.4, 0.5) is 5.69 Å². The van der Waals surface area contributed by atoms with Crippen LogP contribution in [0.15, 0.2) is 63.9 Å². The second-order valence-electron chi connectivity index (χ2n) is 6.41. The first-order valence-corrected chi connectivity index (χ1v) is 9.84. The molecular weight excluding hydrogens is 424 g/mol. The number of aromatic nitrogens is 3. The Morgan fingerprint density at radius 2 is 2.16 bits per heavy atom. The van der Waals surface area contributed by atoms with Crippen molar-refractivity contribution in [1.82, 2.24) is 20.2 Å². The van der Waals surface area contributed by atoms with Crippen molar-refractivity contribution >= 4 is 29.6 Å². The van der Waals surface area contributed by atoms with Crippen LogP contribution >= 0.6 is 11.8 Å². The third-order valence-electron chi connectivity index (χ3n) is 4.24. The summed E-state index contributed by atoms with van der Waals surface area (Å²) in [4.78, 5) is 23.7. The number of benzene rings is 2. The summed E-state index contributed by atoms with van der Waals surface area (Å²) in [6.07, 6.45) is 1.98. The fourth-order valence-corrected chi connectivity index (χ4v) is 3.55. The highest BCUT2D eigenvalue weighted by Gasteiger charge is 2.27. The molecular formula is C19H16N6O5S. The lowest BCUT2D eigenvalue weighted by atomic mass is 10.2. The number of carbonyl (C=O) groups excluding carboxylic acids is 1. The molecule has 0 radical (unpaired) electrons. The summed E-state index contributed by atoms with van der Waals surface area (Å²) >= 11 is 1.13. The topological polar surface area (TPSA) is 134 Å². The van der Waals surface area contributed by atoms with Gasteiger partial charge in [0.15, 0.2) is 16.7 Å². The summed E-state index contributed by atoms with van der Waals surface area (Å²) in [6, 6.07) is 11.7. The average molecular weight is 440 g/mol. The van der Waals surface area contributed by atoms with E-state index in [2.05, 4.69) is 20.7 Å². The molecule has 1 amide bonds. The molecule has 1 atom stereocenters. The van der Waals surface area contributed by atoms with Crippen molar-refractivity contribution in [1.29, 1.82) is 0 Å². The minimum atomic E-state index is -0.855. The fourth-order valence-electron chi connectivity index (χ4n) is 2.70. The molecule has 0 fully saturated rings. The Morgan fingerprint density at radius 3 is 2.90 bits per heavy atom. The summed E-state index contributed by atoms with van der Waals surface area (Å²) in [5.41, 5.74) is 2.71. The summed E-state index contributed by atoms with van der Waals surface area (Å²) in [5.74, 6) is 0.556. The number of nitrogens with one attached hydrogen (secondary N) is 1. The number of aryl methyl sites for hydroxylation is 1. The van der Waals surface area contributed by atoms with E-state index in [1.54, 1.807) is 41.9 Å². The van der Waals surface area contributed by atoms with E-state index in [-0.39, 0.29) is 12.3 Å². The van der Waals surface area contributed by atoms with E-state index in [0.717, 1.165) is 11.8 Å². The second kappa shape index (κ2) is 8.83. The molecule has 11 nitrogen and oxygen atoms in total. The van der Waals surface area contributed by atoms with Crippen molar-refractivity contribution in [3.8, 4) is 11.5 Å². The molecule has 2 aromatic carbocycles. The maximum Gasteiger partial charge on any atom is 0.284 e. The maximum atomic E-state index is 12.3. The SMILES string of the molecule is Cn1cnnc1Sc1ccc(/C=N\NC(=O)[C@H]2COc3ccccc3O2)cc1[N+](=O)[O-]. The quantitative estimate of drug-likeness (QED) is 0.350. The van der Waals surface area contributed by atoms with Crippen LogP contribution in [0.25, 0.3) is 0 Å². The highest BCUT2D eigenvalue weighted by atomic mass is 32.2. The summed E-state index contributed by atoms with van der Waals surface area (Å²) < 4.78 is 12.8. The van der Waals surface area contributed by atoms with Crippen molar-refractivity contribution in [2.45, 2.75) is 16.2 Å². The van der Waals surface area contributed by atoms with Crippen LogP contribution < -0.4 is 14.9 Å². The van der Waals surface area contributed by atoms with Gasteiger partial charge in [-0.1, -0.05) is 18.2 Å². The Morgan fingerprint density at radius 1 is 1.35 bits per heavy atom. The Balaban J connectivity index is 1.42. The van der Waals surface area contributed by atoms with Crippen LogP contribution in [-0.2, 0) is 11.8 Å². The molecule has 4 rings (SSSR count). The zero-order valence-electron chi connectivity index (χ0n) is 16.2. The molecule has 0 bridgehead atoms. The van der Waals surface area contributed by atoms with E-state index in [0.29, 0.717) is 27.1 Å². The Labute approximate surface area is 180 Å². The van der Waals surface area contributed by atoms with Gasteiger partial charge in [0.25, 0.3) is 11.6 Å². The molecule has 3 aromatic rings. The molecule has 0 spiro atoms. The number of hydrogen-bond acceptors (Lipinski definition) is 9. The van der Waals surface area contributed by atoms with E-state index in [4.69, 9.17) is 9.47 Å². The Bertz CT molecular complexity index is 1160. The van der Waals surface area contributed by atoms with E-state index < -0.39 is 16.9 Å². The second-order valence-corrected chi connectivity index (χ2v) is 7.42. The van der Waals surface area contributed by atoms with Gasteiger partial charge in [-0.25, -0.2) is 5.43 Å². The zero-order chi connectivity index (χ0) is 21.8. The molecule has 1 N–H and O–H groups in total. The van der Waals surface area contributed by atoms with Crippen LogP contribution in [0.1, 0.15) is 5.56 Å². The molecule has 158 valence electrons. The van der Waals surface area contributed by atoms with Crippen LogP contribution in [0, 0.1) is 10.1 Å². The molecule has 0 saturated carbocycles. The lowest BCUT2D eigenvalue weighted by Crippen LogP contribution is -2.42. The number of hydrazone groups is 1. The van der Waals surface area contributed by atoms with Gasteiger partial charge in [0.1, 0.15) is 12.9 Å². The maximum absolute atomic E-state index is 12.3. The molecule has 0 unspecified atom stereocenters. The molecule has 31 heavy (non-hydrogen) atoms. The zero-order valence-corrected chi connectivity index (χ0v) is 17.0. The number of rotatable bonds is 6. The summed E-state index contributed by atoms with van der Waals surface area (Å²) in [5, 5.41) is 23.6. The summed E-state index contributed by atoms with van der Waals surface area (Å²) in [6.45, 7) is 0.0534. The minimum absolute atomic E-state index is 0.0534. The predicted molar refractivity (Wildman–Crippen MR) is 110 cm³/mol. The van der Waals surface area contributed by atoms with Gasteiger partial charge in [0.05, 0.1) is 16.0 Å². The van der Waals surface area contributed by atoms with Gasteiger partial charge in [-0.2, -0.15) is 5.10 Å². The Kier molecular flexibility index (Phi) is 5.80. The smallest absolute Gasteiger partial charge is 0.284 e. The first-order valence-electron chi connectivity index (χ1n) is 9.03. The number of amides is 1. The lowest BCUT2D eigenvalue weighted by molar-refractivity contribution is -0.387. The minimum Gasteiger partial charge on any atom is -0.485 e. The Hall–Kier alpha value is -3.93. The number of carbonyl (C=O) groups is 1. The normalized spacial score (nSPS) is 15.1. The number of fused-ring (bicyclic) bond motifs is 1. The van der Waals surface area contributed by atoms with E-state index >= 15 is 0 Å². The van der Waals surface area contributed by atoms with E-state index in [1.165, 1.54) is 18.6 Å². The first kappa shape index (κ1) is 20.3. The molecule has 0 aliphatic carbocycles. The van der Waals surface area contributed by atoms with Gasteiger partial charge in [0, 0.05) is 18.7 Å². The number of nitro benzene ring substituents is 1. The highest BCUT2D eigenvalue weighted by molar-refractivity contribution is 7.99. The number of nitro groups is 1. The largest absolute Gasteiger partial charge is 0.485 e. The number of para-hydroxylation sites is 2. The van der Waals surface area contributed by atoms with Gasteiger partial charge in [0.2, 0.25) is 6.10 Å². The summed E-state index contributed by atoms with van der Waals surface area (Å²) in [7, 11) is 1.75. The average Bonchev–Trinajstić information content (AvgIpc) is 3.18. The van der Waals surface area contributed by atoms with Gasteiger partial charge >= 0.3 is 0 Å². The number of nitrogens with zero attached hydrogens (tertiary/aromatic N) is 5. The molecule has 1 aromatic heterocycles. The standard InChI is InChI=1S/C19H16N6O5S/c1-24-11-21-23-19(24)31-17-7-6-12(8-13(17)25(27)28)9-20-22-18(26)16-10-29-14-4-2-3-5-15(14)30-16/h2-9,11,16H,10H2,1H3,(H,22,26)/b20-9-/t16-/m1/s1. The molecule has 12 heteroatoms. The monoisotopic (exact) mass is 440 g/mol. The van der Waals surface area contributed by atoms with Gasteiger partial charge in [-0.15, -0.1) is 10.2 Å². The van der Waals surface area contributed by atoms with Crippen LogP contribution in [0.3, 0.4) is 0 Å². The van der Waals surface area contributed by atoms with Crippen molar-refractivity contribution < 1.29 is 19.2 Å². The molecule has 2 heterocycles.